The Kier molecular flexibility index (Phi) is 6.03. The van der Waals surface area contributed by atoms with Crippen LogP contribution in [0.3, 0.4) is 0 Å². The zero-order chi connectivity index (χ0) is 21.8. The predicted molar refractivity (Wildman–Crippen MR) is 128 cm³/mol. The number of hydrogen-bond donors (Lipinski definition) is 1. The van der Waals surface area contributed by atoms with Gasteiger partial charge in [0.1, 0.15) is 24.2 Å². The molecule has 0 unspecified atom stereocenters. The Morgan fingerprint density at radius 1 is 0.969 bits per heavy atom. The smallest absolute Gasteiger partial charge is 0.151 e. The van der Waals surface area contributed by atoms with Gasteiger partial charge in [0.15, 0.2) is 5.82 Å². The second kappa shape index (κ2) is 9.40. The van der Waals surface area contributed by atoms with Crippen molar-refractivity contribution >= 4 is 11.3 Å². The van der Waals surface area contributed by atoms with E-state index in [1.807, 2.05) is 34.8 Å². The zero-order valence-electron chi connectivity index (χ0n) is 18.3. The number of aryl methyl sites for hydroxylation is 1. The topological polar surface area (TPSA) is 68.7 Å². The van der Waals surface area contributed by atoms with E-state index in [4.69, 9.17) is 10.5 Å². The average Bonchev–Trinajstić information content (AvgIpc) is 3.48. The molecule has 6 heteroatoms. The summed E-state index contributed by atoms with van der Waals surface area (Å²) in [5, 5.41) is 4.52. The number of anilines is 1. The number of aromatic nitrogens is 3. The fourth-order valence-electron chi connectivity index (χ4n) is 4.52. The van der Waals surface area contributed by atoms with E-state index in [1.165, 1.54) is 38.0 Å². The van der Waals surface area contributed by atoms with Crippen molar-refractivity contribution in [1.82, 2.24) is 19.5 Å². The van der Waals surface area contributed by atoms with E-state index in [2.05, 4.69) is 45.3 Å². The molecule has 0 radical (unpaired) electrons. The molecule has 1 saturated heterocycles. The molecule has 164 valence electrons. The highest BCUT2D eigenvalue weighted by molar-refractivity contribution is 5.88. The molecule has 1 aliphatic heterocycles. The monoisotopic (exact) mass is 427 g/mol. The molecule has 0 spiro atoms. The quantitative estimate of drug-likeness (QED) is 0.446. The highest BCUT2D eigenvalue weighted by atomic mass is 16.5. The molecule has 0 saturated carbocycles. The van der Waals surface area contributed by atoms with Gasteiger partial charge in [0, 0.05) is 11.3 Å². The summed E-state index contributed by atoms with van der Waals surface area (Å²) < 4.78 is 8.01. The molecule has 3 heterocycles. The SMILES string of the molecule is Nc1ncnn2c(CCCN3CCCC3)cc(-c3cccc(OCc4ccccc4)c3)c12. The Morgan fingerprint density at radius 2 is 1.81 bits per heavy atom. The summed E-state index contributed by atoms with van der Waals surface area (Å²) in [4.78, 5) is 6.80. The molecular weight excluding hydrogens is 398 g/mol. The molecule has 0 bridgehead atoms. The van der Waals surface area contributed by atoms with Crippen molar-refractivity contribution in [2.24, 2.45) is 0 Å². The summed E-state index contributed by atoms with van der Waals surface area (Å²) in [6, 6.07) is 20.6. The number of hydrogen-bond acceptors (Lipinski definition) is 5. The number of likely N-dealkylation sites (tertiary alicyclic amines) is 1. The van der Waals surface area contributed by atoms with E-state index >= 15 is 0 Å². The third-order valence-corrected chi connectivity index (χ3v) is 6.16. The van der Waals surface area contributed by atoms with Crippen LogP contribution >= 0.6 is 0 Å². The number of fused-ring (bicyclic) bond motifs is 1. The van der Waals surface area contributed by atoms with E-state index in [0.717, 1.165) is 47.3 Å². The van der Waals surface area contributed by atoms with Gasteiger partial charge in [-0.25, -0.2) is 9.50 Å². The molecular formula is C26H29N5O. The second-order valence-corrected chi connectivity index (χ2v) is 8.41. The number of benzene rings is 2. The van der Waals surface area contributed by atoms with E-state index < -0.39 is 0 Å². The molecule has 2 N–H and O–H groups in total. The van der Waals surface area contributed by atoms with Crippen LogP contribution in [0.4, 0.5) is 5.82 Å². The minimum Gasteiger partial charge on any atom is -0.489 e. The lowest BCUT2D eigenvalue weighted by molar-refractivity contribution is 0.306. The van der Waals surface area contributed by atoms with E-state index in [1.54, 1.807) is 0 Å². The van der Waals surface area contributed by atoms with Crippen molar-refractivity contribution in [3.05, 3.63) is 78.2 Å². The maximum absolute atomic E-state index is 6.30. The summed E-state index contributed by atoms with van der Waals surface area (Å²) in [6.45, 7) is 4.12. The fraction of sp³-hybridized carbons (Fsp3) is 0.308. The lowest BCUT2D eigenvalue weighted by Crippen LogP contribution is -2.20. The standard InChI is InChI=1S/C26H29N5O/c27-26-25-24(21-10-6-12-23(16-21)32-18-20-8-2-1-3-9-20)17-22(31(25)29-19-28-26)11-7-15-30-13-4-5-14-30/h1-3,6,8-10,12,16-17,19H,4-5,7,11,13-15,18H2,(H2,27,28,29). The highest BCUT2D eigenvalue weighted by Crippen LogP contribution is 2.33. The van der Waals surface area contributed by atoms with Crippen LogP contribution in [-0.4, -0.2) is 39.1 Å². The van der Waals surface area contributed by atoms with Crippen LogP contribution in [0.15, 0.2) is 67.0 Å². The van der Waals surface area contributed by atoms with Gasteiger partial charge in [-0.2, -0.15) is 5.10 Å². The number of rotatable bonds is 8. The van der Waals surface area contributed by atoms with Gasteiger partial charge < -0.3 is 15.4 Å². The van der Waals surface area contributed by atoms with Gasteiger partial charge in [-0.3, -0.25) is 0 Å². The summed E-state index contributed by atoms with van der Waals surface area (Å²) in [5.41, 5.74) is 11.6. The molecule has 4 aromatic rings. The number of nitrogens with zero attached hydrogens (tertiary/aromatic N) is 4. The minimum absolute atomic E-state index is 0.497. The van der Waals surface area contributed by atoms with Crippen LogP contribution in [0.25, 0.3) is 16.6 Å². The average molecular weight is 428 g/mol. The predicted octanol–water partition coefficient (Wildman–Crippen LogP) is 4.59. The van der Waals surface area contributed by atoms with Crippen molar-refractivity contribution in [3.63, 3.8) is 0 Å². The van der Waals surface area contributed by atoms with Crippen molar-refractivity contribution in [2.45, 2.75) is 32.3 Å². The first-order chi connectivity index (χ1) is 15.8. The van der Waals surface area contributed by atoms with E-state index in [-0.39, 0.29) is 0 Å². The Bertz CT molecular complexity index is 1180. The zero-order valence-corrected chi connectivity index (χ0v) is 18.3. The molecule has 5 rings (SSSR count). The summed E-state index contributed by atoms with van der Waals surface area (Å²) in [5.74, 6) is 1.33. The highest BCUT2D eigenvalue weighted by Gasteiger charge is 2.17. The van der Waals surface area contributed by atoms with Crippen LogP contribution in [0.1, 0.15) is 30.5 Å². The molecule has 2 aromatic carbocycles. The Labute approximate surface area is 188 Å². The first-order valence-electron chi connectivity index (χ1n) is 11.4. The van der Waals surface area contributed by atoms with Crippen LogP contribution in [0.5, 0.6) is 5.75 Å². The molecule has 2 aromatic heterocycles. The first kappa shape index (κ1) is 20.5. The third-order valence-electron chi connectivity index (χ3n) is 6.16. The normalized spacial score (nSPS) is 14.2. The molecule has 6 nitrogen and oxygen atoms in total. The summed E-state index contributed by atoms with van der Waals surface area (Å²) in [7, 11) is 0. The van der Waals surface area contributed by atoms with Gasteiger partial charge in [0.25, 0.3) is 0 Å². The van der Waals surface area contributed by atoms with Crippen LogP contribution < -0.4 is 10.5 Å². The number of ether oxygens (including phenoxy) is 1. The minimum atomic E-state index is 0.497. The Balaban J connectivity index is 1.39. The van der Waals surface area contributed by atoms with Crippen LogP contribution in [0, 0.1) is 0 Å². The summed E-state index contributed by atoms with van der Waals surface area (Å²) in [6.07, 6.45) is 6.25. The molecule has 0 aliphatic carbocycles. The van der Waals surface area contributed by atoms with Crippen molar-refractivity contribution in [3.8, 4) is 16.9 Å². The van der Waals surface area contributed by atoms with Gasteiger partial charge in [-0.1, -0.05) is 42.5 Å². The molecule has 1 aliphatic rings. The van der Waals surface area contributed by atoms with Crippen LogP contribution in [0.2, 0.25) is 0 Å². The number of nitrogens with two attached hydrogens (primary N) is 1. The van der Waals surface area contributed by atoms with Gasteiger partial charge in [-0.15, -0.1) is 0 Å². The fourth-order valence-corrected chi connectivity index (χ4v) is 4.52. The maximum Gasteiger partial charge on any atom is 0.151 e. The van der Waals surface area contributed by atoms with Gasteiger partial charge in [0.2, 0.25) is 0 Å². The second-order valence-electron chi connectivity index (χ2n) is 8.41. The Hall–Kier alpha value is -3.38. The summed E-state index contributed by atoms with van der Waals surface area (Å²) >= 11 is 0. The lowest BCUT2D eigenvalue weighted by atomic mass is 10.1. The largest absolute Gasteiger partial charge is 0.489 e. The van der Waals surface area contributed by atoms with Gasteiger partial charge in [-0.05, 0) is 74.6 Å². The molecule has 1 fully saturated rings. The Morgan fingerprint density at radius 3 is 2.66 bits per heavy atom. The van der Waals surface area contributed by atoms with Crippen molar-refractivity contribution in [2.75, 3.05) is 25.4 Å². The van der Waals surface area contributed by atoms with E-state index in [9.17, 15) is 0 Å². The van der Waals surface area contributed by atoms with Crippen LogP contribution in [-0.2, 0) is 13.0 Å². The van der Waals surface area contributed by atoms with Gasteiger partial charge >= 0.3 is 0 Å². The maximum atomic E-state index is 6.30. The molecule has 0 atom stereocenters. The lowest BCUT2D eigenvalue weighted by Gasteiger charge is -2.13. The number of nitrogen functional groups attached to an aromatic ring is 1. The van der Waals surface area contributed by atoms with Gasteiger partial charge in [0.05, 0.1) is 0 Å². The van der Waals surface area contributed by atoms with Crippen molar-refractivity contribution < 1.29 is 4.74 Å². The van der Waals surface area contributed by atoms with E-state index in [0.29, 0.717) is 12.4 Å². The molecule has 32 heavy (non-hydrogen) atoms. The van der Waals surface area contributed by atoms with Crippen molar-refractivity contribution in [1.29, 1.82) is 0 Å². The third kappa shape index (κ3) is 4.46. The first-order valence-corrected chi connectivity index (χ1v) is 11.4. The molecule has 0 amide bonds.